The summed E-state index contributed by atoms with van der Waals surface area (Å²) in [4.78, 5) is 14.0. The Morgan fingerprint density at radius 3 is 2.71 bits per heavy atom. The van der Waals surface area contributed by atoms with Gasteiger partial charge in [0.25, 0.3) is 5.91 Å². The van der Waals surface area contributed by atoms with Gasteiger partial charge in [-0.3, -0.25) is 4.79 Å². The van der Waals surface area contributed by atoms with Gasteiger partial charge in [-0.25, -0.2) is 0 Å². The molecule has 3 rings (SSSR count). The molecule has 1 aromatic carbocycles. The van der Waals surface area contributed by atoms with Crippen LogP contribution in [0.15, 0.2) is 35.7 Å². The van der Waals surface area contributed by atoms with Crippen LogP contribution in [0.2, 0.25) is 5.02 Å². The molecule has 0 aliphatic carbocycles. The second-order valence-corrected chi connectivity index (χ2v) is 6.00. The maximum absolute atomic E-state index is 12.2. The lowest BCUT2D eigenvalue weighted by molar-refractivity contribution is 0.0591. The molecular weight excluding hydrogens is 308 g/mol. The SMILES string of the molecule is O=C(c1ccsn1)N1CCC(Oc2ccccc2Cl)CC1. The lowest BCUT2D eigenvalue weighted by atomic mass is 10.1. The van der Waals surface area contributed by atoms with Gasteiger partial charge in [0.05, 0.1) is 5.02 Å². The Labute approximate surface area is 132 Å². The first-order chi connectivity index (χ1) is 10.2. The molecule has 2 heterocycles. The van der Waals surface area contributed by atoms with Crippen molar-refractivity contribution in [2.24, 2.45) is 0 Å². The molecule has 0 N–H and O–H groups in total. The van der Waals surface area contributed by atoms with E-state index in [2.05, 4.69) is 4.37 Å². The van der Waals surface area contributed by atoms with Gasteiger partial charge >= 0.3 is 0 Å². The minimum absolute atomic E-state index is 0.00689. The highest BCUT2D eigenvalue weighted by Gasteiger charge is 2.25. The van der Waals surface area contributed by atoms with Gasteiger partial charge in [-0.15, -0.1) is 0 Å². The summed E-state index contributed by atoms with van der Waals surface area (Å²) in [6.07, 6.45) is 1.71. The summed E-state index contributed by atoms with van der Waals surface area (Å²) in [5, 5.41) is 2.44. The monoisotopic (exact) mass is 322 g/mol. The van der Waals surface area contributed by atoms with Crippen LogP contribution in [-0.2, 0) is 0 Å². The van der Waals surface area contributed by atoms with E-state index in [4.69, 9.17) is 16.3 Å². The van der Waals surface area contributed by atoms with E-state index < -0.39 is 0 Å². The third kappa shape index (κ3) is 3.36. The Kier molecular flexibility index (Phi) is 4.41. The van der Waals surface area contributed by atoms with E-state index in [-0.39, 0.29) is 12.0 Å². The van der Waals surface area contributed by atoms with Crippen LogP contribution in [0.5, 0.6) is 5.75 Å². The van der Waals surface area contributed by atoms with E-state index in [0.29, 0.717) is 29.6 Å². The predicted octanol–water partition coefficient (Wildman–Crippen LogP) is 3.48. The first-order valence-corrected chi connectivity index (χ1v) is 8.06. The summed E-state index contributed by atoms with van der Waals surface area (Å²) in [6.45, 7) is 1.37. The van der Waals surface area contributed by atoms with Crippen LogP contribution in [-0.4, -0.2) is 34.4 Å². The molecule has 110 valence electrons. The van der Waals surface area contributed by atoms with Gasteiger partial charge in [-0.2, -0.15) is 4.37 Å². The summed E-state index contributed by atoms with van der Waals surface area (Å²) in [6, 6.07) is 9.23. The van der Waals surface area contributed by atoms with E-state index in [0.717, 1.165) is 12.8 Å². The summed E-state index contributed by atoms with van der Waals surface area (Å²) < 4.78 is 10.0. The fraction of sp³-hybridized carbons (Fsp3) is 0.333. The number of para-hydroxylation sites is 1. The topological polar surface area (TPSA) is 42.4 Å². The van der Waals surface area contributed by atoms with Crippen molar-refractivity contribution in [1.82, 2.24) is 9.27 Å². The normalized spacial score (nSPS) is 16.0. The maximum atomic E-state index is 12.2. The number of rotatable bonds is 3. The number of benzene rings is 1. The number of carbonyl (C=O) groups excluding carboxylic acids is 1. The Bertz CT molecular complexity index is 610. The summed E-state index contributed by atoms with van der Waals surface area (Å²) in [7, 11) is 0. The van der Waals surface area contributed by atoms with Gasteiger partial charge in [-0.1, -0.05) is 23.7 Å². The summed E-state index contributed by atoms with van der Waals surface area (Å²) in [5.74, 6) is 0.718. The molecule has 0 radical (unpaired) electrons. The molecule has 2 aromatic rings. The molecule has 1 fully saturated rings. The number of amides is 1. The van der Waals surface area contributed by atoms with Crippen molar-refractivity contribution in [1.29, 1.82) is 0 Å². The third-order valence-electron chi connectivity index (χ3n) is 3.52. The van der Waals surface area contributed by atoms with Crippen molar-refractivity contribution in [3.05, 3.63) is 46.4 Å². The minimum Gasteiger partial charge on any atom is -0.489 e. The molecule has 4 nitrogen and oxygen atoms in total. The Balaban J connectivity index is 1.56. The summed E-state index contributed by atoms with van der Waals surface area (Å²) in [5.41, 5.74) is 0.533. The highest BCUT2D eigenvalue weighted by Crippen LogP contribution is 2.27. The molecule has 0 atom stereocenters. The molecule has 0 spiro atoms. The molecule has 1 saturated heterocycles. The van der Waals surface area contributed by atoms with Crippen molar-refractivity contribution in [3.63, 3.8) is 0 Å². The number of ether oxygens (including phenoxy) is 1. The number of aromatic nitrogens is 1. The van der Waals surface area contributed by atoms with E-state index in [1.54, 1.807) is 6.07 Å². The molecule has 1 aromatic heterocycles. The number of piperidine rings is 1. The third-order valence-corrected chi connectivity index (χ3v) is 4.39. The number of hydrogen-bond donors (Lipinski definition) is 0. The van der Waals surface area contributed by atoms with Gasteiger partial charge in [0.15, 0.2) is 0 Å². The first-order valence-electron chi connectivity index (χ1n) is 6.85. The zero-order valence-corrected chi connectivity index (χ0v) is 12.9. The highest BCUT2D eigenvalue weighted by atomic mass is 35.5. The largest absolute Gasteiger partial charge is 0.489 e. The van der Waals surface area contributed by atoms with Gasteiger partial charge in [0.1, 0.15) is 17.5 Å². The van der Waals surface area contributed by atoms with Crippen molar-refractivity contribution in [2.45, 2.75) is 18.9 Å². The Morgan fingerprint density at radius 2 is 2.05 bits per heavy atom. The quantitative estimate of drug-likeness (QED) is 0.869. The molecule has 0 saturated carbocycles. The minimum atomic E-state index is 0.00689. The van der Waals surface area contributed by atoms with Crippen molar-refractivity contribution >= 4 is 29.0 Å². The van der Waals surface area contributed by atoms with Crippen LogP contribution >= 0.6 is 23.1 Å². The molecule has 0 unspecified atom stereocenters. The molecule has 21 heavy (non-hydrogen) atoms. The lowest BCUT2D eigenvalue weighted by Gasteiger charge is -2.32. The molecule has 6 heteroatoms. The number of nitrogens with zero attached hydrogens (tertiary/aromatic N) is 2. The molecule has 1 aliphatic rings. The van der Waals surface area contributed by atoms with Crippen LogP contribution in [0.25, 0.3) is 0 Å². The van der Waals surface area contributed by atoms with Gasteiger partial charge in [0, 0.05) is 31.3 Å². The van der Waals surface area contributed by atoms with Gasteiger partial charge in [-0.05, 0) is 29.7 Å². The zero-order chi connectivity index (χ0) is 14.7. The number of likely N-dealkylation sites (tertiary alicyclic amines) is 1. The molecule has 1 amide bonds. The number of hydrogen-bond acceptors (Lipinski definition) is 4. The second kappa shape index (κ2) is 6.45. The first kappa shape index (κ1) is 14.4. The number of carbonyl (C=O) groups is 1. The van der Waals surface area contributed by atoms with E-state index in [1.807, 2.05) is 34.5 Å². The average Bonchev–Trinajstić information content (AvgIpc) is 3.04. The standard InChI is InChI=1S/C15H15ClN2O2S/c16-12-3-1-2-4-14(12)20-11-5-8-18(9-6-11)15(19)13-7-10-21-17-13/h1-4,7,10-11H,5-6,8-9H2. The Hall–Kier alpha value is -1.59. The number of halogens is 1. The van der Waals surface area contributed by atoms with Crippen molar-refractivity contribution < 1.29 is 9.53 Å². The summed E-state index contributed by atoms with van der Waals surface area (Å²) >= 11 is 7.39. The highest BCUT2D eigenvalue weighted by molar-refractivity contribution is 7.03. The Morgan fingerprint density at radius 1 is 1.29 bits per heavy atom. The molecule has 0 bridgehead atoms. The zero-order valence-electron chi connectivity index (χ0n) is 11.4. The maximum Gasteiger partial charge on any atom is 0.273 e. The van der Waals surface area contributed by atoms with E-state index in [1.165, 1.54) is 11.5 Å². The second-order valence-electron chi connectivity index (χ2n) is 4.92. The van der Waals surface area contributed by atoms with Crippen LogP contribution in [0.3, 0.4) is 0 Å². The van der Waals surface area contributed by atoms with Crippen molar-refractivity contribution in [2.75, 3.05) is 13.1 Å². The molecule has 1 aliphatic heterocycles. The van der Waals surface area contributed by atoms with Gasteiger partial charge < -0.3 is 9.64 Å². The smallest absolute Gasteiger partial charge is 0.273 e. The van der Waals surface area contributed by atoms with Gasteiger partial charge in [0.2, 0.25) is 0 Å². The van der Waals surface area contributed by atoms with Crippen LogP contribution in [0.4, 0.5) is 0 Å². The lowest BCUT2D eigenvalue weighted by Crippen LogP contribution is -2.41. The van der Waals surface area contributed by atoms with E-state index in [9.17, 15) is 4.79 Å². The fourth-order valence-electron chi connectivity index (χ4n) is 2.38. The van der Waals surface area contributed by atoms with Crippen molar-refractivity contribution in [3.8, 4) is 5.75 Å². The van der Waals surface area contributed by atoms with Crippen LogP contribution < -0.4 is 4.74 Å². The molecular formula is C15H15ClN2O2S. The van der Waals surface area contributed by atoms with E-state index >= 15 is 0 Å². The predicted molar refractivity (Wildman–Crippen MR) is 83.1 cm³/mol. The van der Waals surface area contributed by atoms with Crippen LogP contribution in [0, 0.1) is 0 Å². The fourth-order valence-corrected chi connectivity index (χ4v) is 3.06. The average molecular weight is 323 g/mol. The van der Waals surface area contributed by atoms with Crippen LogP contribution in [0.1, 0.15) is 23.3 Å².